The highest BCUT2D eigenvalue weighted by Gasteiger charge is 2.35. The van der Waals surface area contributed by atoms with Crippen molar-refractivity contribution in [1.82, 2.24) is 0 Å². The van der Waals surface area contributed by atoms with Crippen LogP contribution >= 0.6 is 12.6 Å². The number of rotatable bonds is 7. The maximum absolute atomic E-state index is 5.73. The number of ether oxygens (including phenoxy) is 1. The van der Waals surface area contributed by atoms with Crippen molar-refractivity contribution in [3.8, 4) is 0 Å². The molecule has 84 valence electrons. The Morgan fingerprint density at radius 2 is 2.07 bits per heavy atom. The van der Waals surface area contributed by atoms with Crippen LogP contribution in [0.5, 0.6) is 0 Å². The molecule has 0 N–H and O–H groups in total. The summed E-state index contributed by atoms with van der Waals surface area (Å²) < 4.78 is 5.73. The molecule has 2 heteroatoms. The zero-order valence-electron chi connectivity index (χ0n) is 9.59. The molecule has 1 saturated carbocycles. The Balaban J connectivity index is 1.97. The van der Waals surface area contributed by atoms with E-state index < -0.39 is 0 Å². The van der Waals surface area contributed by atoms with E-state index in [1.807, 2.05) is 0 Å². The van der Waals surface area contributed by atoms with E-state index in [4.69, 9.17) is 4.74 Å². The first-order chi connectivity index (χ1) is 6.68. The van der Waals surface area contributed by atoms with Crippen molar-refractivity contribution in [2.45, 2.75) is 46.0 Å². The minimum absolute atomic E-state index is 0.445. The minimum atomic E-state index is 0.445. The number of hydrogen-bond donors (Lipinski definition) is 1. The first-order valence-corrected chi connectivity index (χ1v) is 6.50. The van der Waals surface area contributed by atoms with Gasteiger partial charge in [0.2, 0.25) is 0 Å². The van der Waals surface area contributed by atoms with Gasteiger partial charge in [0.15, 0.2) is 0 Å². The van der Waals surface area contributed by atoms with Crippen molar-refractivity contribution >= 4 is 12.6 Å². The van der Waals surface area contributed by atoms with Crippen molar-refractivity contribution in [3.05, 3.63) is 0 Å². The lowest BCUT2D eigenvalue weighted by molar-refractivity contribution is 0.00843. The summed E-state index contributed by atoms with van der Waals surface area (Å²) in [6.07, 6.45) is 6.51. The Labute approximate surface area is 94.0 Å². The summed E-state index contributed by atoms with van der Waals surface area (Å²) in [6.45, 7) is 6.41. The van der Waals surface area contributed by atoms with Crippen LogP contribution in [0.25, 0.3) is 0 Å². The molecule has 0 aromatic heterocycles. The first kappa shape index (κ1) is 12.4. The molecule has 0 unspecified atom stereocenters. The Kier molecular flexibility index (Phi) is 5.32. The van der Waals surface area contributed by atoms with Gasteiger partial charge < -0.3 is 4.74 Å². The molecule has 14 heavy (non-hydrogen) atoms. The number of hydrogen-bond acceptors (Lipinski definition) is 2. The normalized spacial score (nSPS) is 19.7. The average Bonchev–Trinajstić information content (AvgIpc) is 2.08. The molecule has 1 aliphatic carbocycles. The van der Waals surface area contributed by atoms with Crippen LogP contribution in [-0.2, 0) is 4.74 Å². The van der Waals surface area contributed by atoms with Gasteiger partial charge in [-0.25, -0.2) is 0 Å². The van der Waals surface area contributed by atoms with Crippen molar-refractivity contribution in [2.24, 2.45) is 11.3 Å². The topological polar surface area (TPSA) is 9.23 Å². The van der Waals surface area contributed by atoms with Crippen LogP contribution in [-0.4, -0.2) is 19.0 Å². The molecule has 0 heterocycles. The lowest BCUT2D eigenvalue weighted by atomic mass is 9.71. The second kappa shape index (κ2) is 6.02. The van der Waals surface area contributed by atoms with Crippen LogP contribution in [0.3, 0.4) is 0 Å². The third-order valence-corrected chi connectivity index (χ3v) is 3.90. The molecule has 1 rings (SSSR count). The van der Waals surface area contributed by atoms with Gasteiger partial charge in [0, 0.05) is 12.0 Å². The lowest BCUT2D eigenvalue weighted by Crippen LogP contribution is -2.36. The van der Waals surface area contributed by atoms with Gasteiger partial charge in [-0.15, -0.1) is 0 Å². The van der Waals surface area contributed by atoms with Gasteiger partial charge in [-0.1, -0.05) is 20.3 Å². The van der Waals surface area contributed by atoms with E-state index in [0.717, 1.165) is 24.9 Å². The molecule has 0 aromatic rings. The van der Waals surface area contributed by atoms with Crippen molar-refractivity contribution in [1.29, 1.82) is 0 Å². The van der Waals surface area contributed by atoms with Gasteiger partial charge in [0.25, 0.3) is 0 Å². The van der Waals surface area contributed by atoms with Gasteiger partial charge in [0.1, 0.15) is 0 Å². The highest BCUT2D eigenvalue weighted by Crippen LogP contribution is 2.41. The van der Waals surface area contributed by atoms with E-state index in [2.05, 4.69) is 26.5 Å². The minimum Gasteiger partial charge on any atom is -0.381 e. The third kappa shape index (κ3) is 3.82. The molecular formula is C12H24OS. The van der Waals surface area contributed by atoms with Crippen molar-refractivity contribution in [3.63, 3.8) is 0 Å². The Morgan fingerprint density at radius 3 is 2.50 bits per heavy atom. The van der Waals surface area contributed by atoms with Crippen molar-refractivity contribution in [2.75, 3.05) is 19.0 Å². The molecule has 0 radical (unpaired) electrons. The van der Waals surface area contributed by atoms with Gasteiger partial charge in [-0.3, -0.25) is 0 Å². The predicted molar refractivity (Wildman–Crippen MR) is 65.0 cm³/mol. The predicted octanol–water partition coefficient (Wildman–Crippen LogP) is 3.54. The molecule has 0 saturated heterocycles. The van der Waals surface area contributed by atoms with E-state index in [-0.39, 0.29) is 0 Å². The molecule has 0 aliphatic heterocycles. The third-order valence-electron chi connectivity index (χ3n) is 3.23. The van der Waals surface area contributed by atoms with Crippen LogP contribution < -0.4 is 0 Å². The van der Waals surface area contributed by atoms with Crippen molar-refractivity contribution < 1.29 is 4.74 Å². The van der Waals surface area contributed by atoms with Crippen LogP contribution in [0.15, 0.2) is 0 Å². The SMILES string of the molecule is CC(C)CCCOCC1(CS)CCC1. The van der Waals surface area contributed by atoms with Gasteiger partial charge >= 0.3 is 0 Å². The standard InChI is InChI=1S/C12H24OS/c1-11(2)5-3-8-13-9-12(10-14)6-4-7-12/h11,14H,3-10H2,1-2H3. The largest absolute Gasteiger partial charge is 0.381 e. The van der Waals surface area contributed by atoms with Crippen LogP contribution in [0.4, 0.5) is 0 Å². The van der Waals surface area contributed by atoms with E-state index >= 15 is 0 Å². The highest BCUT2D eigenvalue weighted by molar-refractivity contribution is 7.80. The Bertz CT molecular complexity index is 147. The molecule has 0 spiro atoms. The van der Waals surface area contributed by atoms with Crippen LogP contribution in [0.2, 0.25) is 0 Å². The summed E-state index contributed by atoms with van der Waals surface area (Å²) in [6, 6.07) is 0. The summed E-state index contributed by atoms with van der Waals surface area (Å²) >= 11 is 4.41. The van der Waals surface area contributed by atoms with Crippen LogP contribution in [0.1, 0.15) is 46.0 Å². The molecule has 0 amide bonds. The fourth-order valence-corrected chi connectivity index (χ4v) is 2.31. The number of thiol groups is 1. The molecular weight excluding hydrogens is 192 g/mol. The molecule has 1 fully saturated rings. The van der Waals surface area contributed by atoms with Gasteiger partial charge in [-0.2, -0.15) is 12.6 Å². The van der Waals surface area contributed by atoms with E-state index in [9.17, 15) is 0 Å². The smallest absolute Gasteiger partial charge is 0.0530 e. The molecule has 0 aromatic carbocycles. The zero-order chi connectivity index (χ0) is 10.4. The molecule has 1 aliphatic rings. The monoisotopic (exact) mass is 216 g/mol. The summed E-state index contributed by atoms with van der Waals surface area (Å²) in [4.78, 5) is 0. The Hall–Kier alpha value is 0.310. The maximum Gasteiger partial charge on any atom is 0.0530 e. The maximum atomic E-state index is 5.73. The van der Waals surface area contributed by atoms with E-state index in [1.54, 1.807) is 0 Å². The Morgan fingerprint density at radius 1 is 1.36 bits per heavy atom. The quantitative estimate of drug-likeness (QED) is 0.506. The summed E-state index contributed by atoms with van der Waals surface area (Å²) in [5.41, 5.74) is 0.445. The first-order valence-electron chi connectivity index (χ1n) is 5.87. The molecule has 0 atom stereocenters. The zero-order valence-corrected chi connectivity index (χ0v) is 10.5. The van der Waals surface area contributed by atoms with E-state index in [0.29, 0.717) is 5.41 Å². The fraction of sp³-hybridized carbons (Fsp3) is 1.00. The summed E-state index contributed by atoms with van der Waals surface area (Å²) in [5, 5.41) is 0. The molecule has 1 nitrogen and oxygen atoms in total. The second-order valence-corrected chi connectivity index (χ2v) is 5.42. The van der Waals surface area contributed by atoms with Crippen LogP contribution in [0, 0.1) is 11.3 Å². The highest BCUT2D eigenvalue weighted by atomic mass is 32.1. The fourth-order valence-electron chi connectivity index (χ4n) is 1.91. The van der Waals surface area contributed by atoms with Gasteiger partial charge in [0.05, 0.1) is 6.61 Å². The van der Waals surface area contributed by atoms with Gasteiger partial charge in [-0.05, 0) is 37.4 Å². The van der Waals surface area contributed by atoms with E-state index in [1.165, 1.54) is 32.1 Å². The summed E-state index contributed by atoms with van der Waals surface area (Å²) in [5.74, 6) is 1.80. The summed E-state index contributed by atoms with van der Waals surface area (Å²) in [7, 11) is 0. The average molecular weight is 216 g/mol. The lowest BCUT2D eigenvalue weighted by Gasteiger charge is -2.40. The molecule has 0 bridgehead atoms. The second-order valence-electron chi connectivity index (χ2n) is 5.10.